The molecule has 0 bridgehead atoms. The summed E-state index contributed by atoms with van der Waals surface area (Å²) in [4.78, 5) is 14.2. The summed E-state index contributed by atoms with van der Waals surface area (Å²) < 4.78 is 41.1. The lowest BCUT2D eigenvalue weighted by Gasteiger charge is -2.06. The van der Waals surface area contributed by atoms with E-state index in [9.17, 15) is 23.1 Å². The van der Waals surface area contributed by atoms with Crippen molar-refractivity contribution in [2.24, 2.45) is 0 Å². The zero-order valence-corrected chi connectivity index (χ0v) is 20.2. The number of halogens is 5. The van der Waals surface area contributed by atoms with Crippen molar-refractivity contribution in [3.05, 3.63) is 54.3 Å². The molecule has 0 aliphatic rings. The molecule has 4 rings (SSSR count). The first kappa shape index (κ1) is 22.0. The number of carboxylic acid groups (broad SMARTS) is 1. The molecule has 0 saturated heterocycles. The Morgan fingerprint density at radius 3 is 2.13 bits per heavy atom. The van der Waals surface area contributed by atoms with Gasteiger partial charge in [-0.1, -0.05) is 11.6 Å². The molecular weight excluding hydrogens is 561 g/mol. The molecule has 0 atom stereocenters. The van der Waals surface area contributed by atoms with Crippen molar-refractivity contribution in [2.75, 3.05) is 0 Å². The van der Waals surface area contributed by atoms with Crippen molar-refractivity contribution in [3.63, 3.8) is 0 Å². The van der Waals surface area contributed by atoms with Crippen molar-refractivity contribution < 1.29 is 23.1 Å². The van der Waals surface area contributed by atoms with Gasteiger partial charge in [-0.05, 0) is 52.3 Å². The van der Waals surface area contributed by atoms with E-state index in [1.807, 2.05) is 18.2 Å². The zero-order valence-electron chi connectivity index (χ0n) is 14.5. The Labute approximate surface area is 198 Å². The first-order valence-electron chi connectivity index (χ1n) is 8.19. The second-order valence-electron chi connectivity index (χ2n) is 6.04. The highest BCUT2D eigenvalue weighted by molar-refractivity contribution is 9.11. The Kier molecular flexibility index (Phi) is 6.17. The number of hydrogen-bond donors (Lipinski definition) is 1. The molecular formula is C19H9BrClF3O2S4. The molecule has 0 unspecified atom stereocenters. The average Bonchev–Trinajstić information content (AvgIpc) is 3.39. The fourth-order valence-corrected chi connectivity index (χ4v) is 7.92. The molecule has 0 spiro atoms. The van der Waals surface area contributed by atoms with Gasteiger partial charge >= 0.3 is 12.1 Å². The van der Waals surface area contributed by atoms with Crippen LogP contribution in [-0.2, 0) is 17.4 Å². The van der Waals surface area contributed by atoms with Crippen LogP contribution in [0.1, 0.15) is 9.75 Å². The van der Waals surface area contributed by atoms with E-state index in [2.05, 4.69) is 15.9 Å². The third-order valence-electron chi connectivity index (χ3n) is 4.04. The van der Waals surface area contributed by atoms with E-state index in [1.54, 1.807) is 6.07 Å². The van der Waals surface area contributed by atoms with Crippen molar-refractivity contribution in [1.82, 2.24) is 0 Å². The van der Waals surface area contributed by atoms with E-state index >= 15 is 0 Å². The largest absolute Gasteiger partial charge is 0.481 e. The standard InChI is InChI=1S/C19H9BrClF3O2S4/c20-13-5-2-10(28-13)18-17(9-3-6-14(21)29-9)16(11(30-18)7-15(25)26)8-1-4-12(27-8)19(22,23)24/h1-6H,7H2,(H,25,26). The van der Waals surface area contributed by atoms with Crippen LogP contribution in [0.5, 0.6) is 0 Å². The van der Waals surface area contributed by atoms with E-state index < -0.39 is 17.0 Å². The lowest BCUT2D eigenvalue weighted by molar-refractivity contribution is -0.136. The first-order chi connectivity index (χ1) is 14.1. The Morgan fingerprint density at radius 2 is 1.60 bits per heavy atom. The molecule has 0 saturated carbocycles. The summed E-state index contributed by atoms with van der Waals surface area (Å²) in [7, 11) is 0. The molecule has 4 heterocycles. The van der Waals surface area contributed by atoms with Crippen LogP contribution in [0.15, 0.2) is 40.2 Å². The number of thiophene rings is 4. The van der Waals surface area contributed by atoms with Gasteiger partial charge in [0.05, 0.1) is 19.4 Å². The number of aliphatic carboxylic acids is 1. The molecule has 0 aromatic carbocycles. The molecule has 0 fully saturated rings. The Balaban J connectivity index is 2.02. The van der Waals surface area contributed by atoms with Crippen LogP contribution < -0.4 is 0 Å². The topological polar surface area (TPSA) is 37.3 Å². The van der Waals surface area contributed by atoms with Crippen LogP contribution in [0, 0.1) is 0 Å². The maximum Gasteiger partial charge on any atom is 0.425 e. The second kappa shape index (κ2) is 8.40. The third kappa shape index (κ3) is 4.39. The van der Waals surface area contributed by atoms with Crippen LogP contribution in [0.2, 0.25) is 4.34 Å². The van der Waals surface area contributed by atoms with Gasteiger partial charge in [0.15, 0.2) is 0 Å². The minimum absolute atomic E-state index is 0.280. The zero-order chi connectivity index (χ0) is 21.6. The van der Waals surface area contributed by atoms with Crippen LogP contribution in [0.4, 0.5) is 13.2 Å². The maximum atomic E-state index is 13.2. The van der Waals surface area contributed by atoms with Gasteiger partial charge in [0.25, 0.3) is 0 Å². The van der Waals surface area contributed by atoms with Crippen molar-refractivity contribution in [2.45, 2.75) is 12.6 Å². The minimum Gasteiger partial charge on any atom is -0.481 e. The SMILES string of the molecule is O=C(O)Cc1sc(-c2ccc(Br)s2)c(-c2ccc(Cl)s2)c1-c1ccc(C(F)(F)F)s1. The summed E-state index contributed by atoms with van der Waals surface area (Å²) in [6.45, 7) is 0. The highest BCUT2D eigenvalue weighted by atomic mass is 79.9. The highest BCUT2D eigenvalue weighted by Crippen LogP contribution is 2.53. The van der Waals surface area contributed by atoms with Crippen LogP contribution in [-0.4, -0.2) is 11.1 Å². The van der Waals surface area contributed by atoms with Gasteiger partial charge < -0.3 is 5.11 Å². The number of carbonyl (C=O) groups is 1. The lowest BCUT2D eigenvalue weighted by Crippen LogP contribution is -2.00. The molecule has 30 heavy (non-hydrogen) atoms. The summed E-state index contributed by atoms with van der Waals surface area (Å²) in [6, 6.07) is 9.77. The number of hydrogen-bond acceptors (Lipinski definition) is 5. The van der Waals surface area contributed by atoms with Crippen molar-refractivity contribution in [3.8, 4) is 30.6 Å². The summed E-state index contributed by atoms with van der Waals surface area (Å²) >= 11 is 14.3. The molecule has 0 radical (unpaired) electrons. The van der Waals surface area contributed by atoms with Crippen molar-refractivity contribution in [1.29, 1.82) is 0 Å². The molecule has 1 N–H and O–H groups in total. The van der Waals surface area contributed by atoms with Crippen LogP contribution in [0.25, 0.3) is 30.6 Å². The van der Waals surface area contributed by atoms with Gasteiger partial charge in [-0.15, -0.1) is 45.3 Å². The predicted octanol–water partition coefficient (Wildman–Crippen LogP) is 9.00. The summed E-state index contributed by atoms with van der Waals surface area (Å²) in [5.74, 6) is -1.04. The molecule has 156 valence electrons. The Morgan fingerprint density at radius 1 is 0.933 bits per heavy atom. The minimum atomic E-state index is -4.46. The highest BCUT2D eigenvalue weighted by Gasteiger charge is 2.34. The van der Waals surface area contributed by atoms with E-state index in [0.29, 0.717) is 31.0 Å². The van der Waals surface area contributed by atoms with E-state index in [-0.39, 0.29) is 6.42 Å². The van der Waals surface area contributed by atoms with Gasteiger partial charge in [-0.2, -0.15) is 13.2 Å². The summed E-state index contributed by atoms with van der Waals surface area (Å²) in [6.07, 6.45) is -4.74. The second-order valence-corrected chi connectivity index (χ2v) is 12.4. The summed E-state index contributed by atoms with van der Waals surface area (Å²) in [5.41, 5.74) is 1.25. The lowest BCUT2D eigenvalue weighted by atomic mass is 10.0. The van der Waals surface area contributed by atoms with Crippen molar-refractivity contribution >= 4 is 78.8 Å². The third-order valence-corrected chi connectivity index (χ3v) is 9.43. The molecule has 4 aromatic rings. The molecule has 4 aromatic heterocycles. The molecule has 0 aliphatic carbocycles. The van der Waals surface area contributed by atoms with Crippen LogP contribution in [0.3, 0.4) is 0 Å². The molecule has 2 nitrogen and oxygen atoms in total. The van der Waals surface area contributed by atoms with E-state index in [1.165, 1.54) is 40.1 Å². The molecule has 0 aliphatic heterocycles. The maximum absolute atomic E-state index is 13.2. The van der Waals surface area contributed by atoms with Gasteiger partial charge in [0.1, 0.15) is 4.88 Å². The van der Waals surface area contributed by atoms with Gasteiger partial charge in [-0.3, -0.25) is 4.79 Å². The number of rotatable bonds is 5. The van der Waals surface area contributed by atoms with E-state index in [0.717, 1.165) is 30.0 Å². The van der Waals surface area contributed by atoms with Gasteiger partial charge in [0, 0.05) is 30.6 Å². The average molecular weight is 570 g/mol. The monoisotopic (exact) mass is 568 g/mol. The summed E-state index contributed by atoms with van der Waals surface area (Å²) in [5, 5.41) is 9.43. The number of alkyl halides is 3. The smallest absolute Gasteiger partial charge is 0.425 e. The van der Waals surface area contributed by atoms with E-state index in [4.69, 9.17) is 11.6 Å². The quantitative estimate of drug-likeness (QED) is 0.260. The normalized spacial score (nSPS) is 11.9. The predicted molar refractivity (Wildman–Crippen MR) is 123 cm³/mol. The van der Waals surface area contributed by atoms with Gasteiger partial charge in [0.2, 0.25) is 0 Å². The Bertz CT molecular complexity index is 1230. The number of carboxylic acids is 1. The van der Waals surface area contributed by atoms with Gasteiger partial charge in [-0.25, -0.2) is 0 Å². The first-order valence-corrected chi connectivity index (χ1v) is 12.6. The fraction of sp³-hybridized carbons (Fsp3) is 0.105. The molecule has 0 amide bonds. The Hall–Kier alpha value is -1.17. The fourth-order valence-electron chi connectivity index (χ4n) is 2.92. The van der Waals surface area contributed by atoms with Crippen LogP contribution >= 0.6 is 72.9 Å². The molecule has 11 heteroatoms.